The first-order valence-electron chi connectivity index (χ1n) is 9.24. The molecule has 2 N–H and O–H groups in total. The summed E-state index contributed by atoms with van der Waals surface area (Å²) in [5.74, 6) is 2.62. The number of guanidine groups is 1. The summed E-state index contributed by atoms with van der Waals surface area (Å²) < 4.78 is 16.7. The molecular formula is C20H27N3O3. The number of aliphatic imine (C=N–C) groups is 1. The largest absolute Gasteiger partial charge is 0.492 e. The Morgan fingerprint density at radius 2 is 2.00 bits per heavy atom. The van der Waals surface area contributed by atoms with Crippen molar-refractivity contribution in [2.24, 2.45) is 4.99 Å². The number of benzene rings is 1. The maximum atomic E-state index is 5.71. The fourth-order valence-electron chi connectivity index (χ4n) is 2.77. The molecule has 6 nitrogen and oxygen atoms in total. The molecule has 1 aromatic heterocycles. The van der Waals surface area contributed by atoms with Crippen LogP contribution in [0.15, 0.2) is 58.1 Å². The fourth-order valence-corrected chi connectivity index (χ4v) is 2.77. The Kier molecular flexibility index (Phi) is 7.40. The summed E-state index contributed by atoms with van der Waals surface area (Å²) in [6.07, 6.45) is 4.95. The van der Waals surface area contributed by atoms with E-state index in [0.717, 1.165) is 49.9 Å². The lowest BCUT2D eigenvalue weighted by Gasteiger charge is -2.14. The Balaban J connectivity index is 1.42. The molecular weight excluding hydrogens is 330 g/mol. The molecule has 1 aliphatic rings. The predicted octanol–water partition coefficient (Wildman–Crippen LogP) is 2.62. The highest BCUT2D eigenvalue weighted by atomic mass is 16.5. The Hall–Kier alpha value is -2.47. The quantitative estimate of drug-likeness (QED) is 0.410. The zero-order valence-electron chi connectivity index (χ0n) is 15.0. The topological polar surface area (TPSA) is 68.0 Å². The Bertz CT molecular complexity index is 638. The van der Waals surface area contributed by atoms with E-state index in [-0.39, 0.29) is 6.10 Å². The molecule has 3 rings (SSSR count). The van der Waals surface area contributed by atoms with Crippen molar-refractivity contribution in [3.8, 4) is 5.75 Å². The van der Waals surface area contributed by atoms with E-state index in [1.807, 2.05) is 42.5 Å². The predicted molar refractivity (Wildman–Crippen MR) is 102 cm³/mol. The lowest BCUT2D eigenvalue weighted by molar-refractivity contribution is 0.117. The molecule has 2 heterocycles. The summed E-state index contributed by atoms with van der Waals surface area (Å²) in [6.45, 7) is 3.52. The van der Waals surface area contributed by atoms with Crippen molar-refractivity contribution in [1.29, 1.82) is 0 Å². The van der Waals surface area contributed by atoms with Crippen molar-refractivity contribution < 1.29 is 13.9 Å². The van der Waals surface area contributed by atoms with E-state index in [9.17, 15) is 0 Å². The average Bonchev–Trinajstić information content (AvgIpc) is 3.37. The zero-order valence-corrected chi connectivity index (χ0v) is 15.0. The van der Waals surface area contributed by atoms with Gasteiger partial charge in [-0.2, -0.15) is 0 Å². The van der Waals surface area contributed by atoms with E-state index in [4.69, 9.17) is 13.9 Å². The third-order valence-corrected chi connectivity index (χ3v) is 4.13. The minimum Gasteiger partial charge on any atom is -0.492 e. The van der Waals surface area contributed by atoms with Gasteiger partial charge in [-0.25, -0.2) is 0 Å². The smallest absolute Gasteiger partial charge is 0.191 e. The van der Waals surface area contributed by atoms with Crippen molar-refractivity contribution in [2.75, 3.05) is 32.8 Å². The number of furan rings is 1. The van der Waals surface area contributed by atoms with Crippen molar-refractivity contribution >= 4 is 5.96 Å². The van der Waals surface area contributed by atoms with Crippen LogP contribution in [0.2, 0.25) is 0 Å². The van der Waals surface area contributed by atoms with Gasteiger partial charge in [-0.15, -0.1) is 0 Å². The molecule has 0 amide bonds. The Morgan fingerprint density at radius 1 is 1.12 bits per heavy atom. The monoisotopic (exact) mass is 357 g/mol. The van der Waals surface area contributed by atoms with Gasteiger partial charge in [0.1, 0.15) is 18.1 Å². The maximum Gasteiger partial charge on any atom is 0.191 e. The van der Waals surface area contributed by atoms with Gasteiger partial charge in [-0.05, 0) is 37.1 Å². The molecule has 26 heavy (non-hydrogen) atoms. The van der Waals surface area contributed by atoms with Crippen LogP contribution in [0.5, 0.6) is 5.75 Å². The summed E-state index contributed by atoms with van der Waals surface area (Å²) in [7, 11) is 0. The Labute approximate surface area is 154 Å². The van der Waals surface area contributed by atoms with Crippen LogP contribution in [0, 0.1) is 0 Å². The van der Waals surface area contributed by atoms with Crippen LogP contribution < -0.4 is 15.4 Å². The van der Waals surface area contributed by atoms with E-state index in [0.29, 0.717) is 19.7 Å². The maximum absolute atomic E-state index is 5.71. The number of nitrogens with zero attached hydrogens (tertiary/aromatic N) is 1. The van der Waals surface area contributed by atoms with Crippen molar-refractivity contribution in [2.45, 2.75) is 25.4 Å². The SMILES string of the molecule is c1ccc(OCCNC(=NCC2CCCO2)NCCc2ccco2)cc1. The average molecular weight is 357 g/mol. The fraction of sp³-hybridized carbons (Fsp3) is 0.450. The van der Waals surface area contributed by atoms with E-state index in [1.54, 1.807) is 6.26 Å². The van der Waals surface area contributed by atoms with E-state index >= 15 is 0 Å². The van der Waals surface area contributed by atoms with E-state index in [1.165, 1.54) is 0 Å². The summed E-state index contributed by atoms with van der Waals surface area (Å²) in [5.41, 5.74) is 0. The molecule has 1 fully saturated rings. The molecule has 0 aliphatic carbocycles. The molecule has 1 saturated heterocycles. The Morgan fingerprint density at radius 3 is 2.77 bits per heavy atom. The highest BCUT2D eigenvalue weighted by Crippen LogP contribution is 2.11. The minimum absolute atomic E-state index is 0.235. The van der Waals surface area contributed by atoms with Gasteiger partial charge in [-0.1, -0.05) is 18.2 Å². The molecule has 1 atom stereocenters. The van der Waals surface area contributed by atoms with Crippen LogP contribution in [0.3, 0.4) is 0 Å². The van der Waals surface area contributed by atoms with Crippen molar-refractivity contribution in [3.63, 3.8) is 0 Å². The van der Waals surface area contributed by atoms with Crippen LogP contribution in [0.1, 0.15) is 18.6 Å². The summed E-state index contributed by atoms with van der Waals surface area (Å²) in [5, 5.41) is 6.67. The summed E-state index contributed by atoms with van der Waals surface area (Å²) >= 11 is 0. The summed E-state index contributed by atoms with van der Waals surface area (Å²) in [4.78, 5) is 4.65. The third-order valence-electron chi connectivity index (χ3n) is 4.13. The number of para-hydroxylation sites is 1. The lowest BCUT2D eigenvalue weighted by atomic mass is 10.2. The molecule has 0 spiro atoms. The highest BCUT2D eigenvalue weighted by molar-refractivity contribution is 5.79. The van der Waals surface area contributed by atoms with Gasteiger partial charge in [0, 0.05) is 19.6 Å². The highest BCUT2D eigenvalue weighted by Gasteiger charge is 2.14. The van der Waals surface area contributed by atoms with Gasteiger partial charge in [0.05, 0.1) is 25.5 Å². The van der Waals surface area contributed by atoms with Gasteiger partial charge in [0.25, 0.3) is 0 Å². The normalized spacial score (nSPS) is 17.2. The number of ether oxygens (including phenoxy) is 2. The molecule has 0 saturated carbocycles. The van der Waals surface area contributed by atoms with Crippen molar-refractivity contribution in [1.82, 2.24) is 10.6 Å². The number of nitrogens with one attached hydrogen (secondary N) is 2. The first kappa shape index (κ1) is 18.3. The van der Waals surface area contributed by atoms with Crippen LogP contribution in [0.4, 0.5) is 0 Å². The number of rotatable bonds is 9. The van der Waals surface area contributed by atoms with E-state index in [2.05, 4.69) is 15.6 Å². The minimum atomic E-state index is 0.235. The van der Waals surface area contributed by atoms with E-state index < -0.39 is 0 Å². The second kappa shape index (κ2) is 10.5. The van der Waals surface area contributed by atoms with Crippen LogP contribution >= 0.6 is 0 Å². The summed E-state index contributed by atoms with van der Waals surface area (Å²) in [6, 6.07) is 13.7. The number of hydrogen-bond donors (Lipinski definition) is 2. The molecule has 1 aliphatic heterocycles. The van der Waals surface area contributed by atoms with Crippen molar-refractivity contribution in [3.05, 3.63) is 54.5 Å². The molecule has 2 aromatic rings. The molecule has 1 unspecified atom stereocenters. The van der Waals surface area contributed by atoms with Gasteiger partial charge < -0.3 is 24.5 Å². The van der Waals surface area contributed by atoms with Crippen LogP contribution in [0.25, 0.3) is 0 Å². The molecule has 140 valence electrons. The van der Waals surface area contributed by atoms with Gasteiger partial charge in [-0.3, -0.25) is 4.99 Å². The lowest BCUT2D eigenvalue weighted by Crippen LogP contribution is -2.40. The second-order valence-electron chi connectivity index (χ2n) is 6.17. The van der Waals surface area contributed by atoms with Gasteiger partial charge in [0.2, 0.25) is 0 Å². The molecule has 0 bridgehead atoms. The molecule has 1 aromatic carbocycles. The standard InChI is InChI=1S/C20H27N3O3/c1-2-6-17(7-3-1)26-15-12-22-20(23-16-19-9-5-14-25-19)21-11-10-18-8-4-13-24-18/h1-4,6-8,13,19H,5,9-12,14-16H2,(H2,21,22,23). The molecule has 0 radical (unpaired) electrons. The third kappa shape index (κ3) is 6.44. The second-order valence-corrected chi connectivity index (χ2v) is 6.17. The first-order valence-corrected chi connectivity index (χ1v) is 9.24. The molecule has 6 heteroatoms. The zero-order chi connectivity index (χ0) is 17.9. The van der Waals surface area contributed by atoms with Gasteiger partial charge >= 0.3 is 0 Å². The van der Waals surface area contributed by atoms with Gasteiger partial charge in [0.15, 0.2) is 5.96 Å². The van der Waals surface area contributed by atoms with Crippen LogP contribution in [-0.2, 0) is 11.2 Å². The van der Waals surface area contributed by atoms with Crippen LogP contribution in [-0.4, -0.2) is 44.9 Å². The first-order chi connectivity index (χ1) is 12.9. The number of hydrogen-bond acceptors (Lipinski definition) is 4.